The molecule has 1 atom stereocenters. The molecule has 0 aliphatic heterocycles. The zero-order valence-electron chi connectivity index (χ0n) is 9.88. The van der Waals surface area contributed by atoms with Gasteiger partial charge in [0, 0.05) is 5.02 Å². The van der Waals surface area contributed by atoms with E-state index in [1.165, 1.54) is 6.07 Å². The Morgan fingerprint density at radius 2 is 1.89 bits per heavy atom. The summed E-state index contributed by atoms with van der Waals surface area (Å²) in [6.45, 7) is 0. The summed E-state index contributed by atoms with van der Waals surface area (Å²) >= 11 is 5.86. The molecule has 1 N–H and O–H groups in total. The molecule has 19 heavy (non-hydrogen) atoms. The maximum atomic E-state index is 12.3. The Bertz CT molecular complexity index is 640. The van der Waals surface area contributed by atoms with Gasteiger partial charge in [0.1, 0.15) is 0 Å². The van der Waals surface area contributed by atoms with Gasteiger partial charge in [0.05, 0.1) is 27.0 Å². The molecular formula is C14H11ClO3S. The minimum absolute atomic E-state index is 0.0721. The van der Waals surface area contributed by atoms with Crippen molar-refractivity contribution in [2.75, 3.05) is 0 Å². The van der Waals surface area contributed by atoms with Crippen molar-refractivity contribution in [3.8, 4) is 0 Å². The molecule has 0 aromatic heterocycles. The normalized spacial score (nSPS) is 12.1. The van der Waals surface area contributed by atoms with Crippen LogP contribution in [0.3, 0.4) is 0 Å². The molecule has 0 aliphatic rings. The lowest BCUT2D eigenvalue weighted by Gasteiger charge is -2.06. The lowest BCUT2D eigenvalue weighted by Crippen LogP contribution is -2.05. The van der Waals surface area contributed by atoms with Crippen LogP contribution in [0.15, 0.2) is 53.4 Å². The number of rotatable bonds is 4. The number of carboxylic acids is 1. The van der Waals surface area contributed by atoms with Gasteiger partial charge in [-0.15, -0.1) is 0 Å². The van der Waals surface area contributed by atoms with Crippen LogP contribution >= 0.6 is 11.6 Å². The Kier molecular flexibility index (Phi) is 4.35. The highest BCUT2D eigenvalue weighted by Gasteiger charge is 2.14. The fourth-order valence-corrected chi connectivity index (χ4v) is 3.18. The summed E-state index contributed by atoms with van der Waals surface area (Å²) in [6.07, 6.45) is 0. The molecule has 0 aliphatic carbocycles. The van der Waals surface area contributed by atoms with E-state index in [0.717, 1.165) is 5.56 Å². The number of carbonyl (C=O) groups is 1. The van der Waals surface area contributed by atoms with E-state index in [1.807, 2.05) is 6.07 Å². The third-order valence-corrected chi connectivity index (χ3v) is 4.23. The quantitative estimate of drug-likeness (QED) is 0.941. The number of benzene rings is 2. The van der Waals surface area contributed by atoms with E-state index in [1.54, 1.807) is 36.4 Å². The number of hydrogen-bond donors (Lipinski definition) is 1. The Balaban J connectivity index is 2.28. The van der Waals surface area contributed by atoms with Gasteiger partial charge in [-0.2, -0.15) is 0 Å². The second kappa shape index (κ2) is 5.99. The molecule has 5 heteroatoms. The average Bonchev–Trinajstić information content (AvgIpc) is 2.38. The van der Waals surface area contributed by atoms with Gasteiger partial charge in [-0.1, -0.05) is 35.9 Å². The predicted molar refractivity (Wildman–Crippen MR) is 75.0 cm³/mol. The molecule has 2 aromatic rings. The van der Waals surface area contributed by atoms with Crippen molar-refractivity contribution in [1.82, 2.24) is 0 Å². The van der Waals surface area contributed by atoms with Gasteiger partial charge in [0.15, 0.2) is 0 Å². The largest absolute Gasteiger partial charge is 0.478 e. The SMILES string of the molecule is O=C(O)c1ccccc1S(=O)Cc1cccc(Cl)c1. The maximum Gasteiger partial charge on any atom is 0.336 e. The Morgan fingerprint density at radius 3 is 2.58 bits per heavy atom. The second-order valence-electron chi connectivity index (χ2n) is 3.92. The Morgan fingerprint density at radius 1 is 1.16 bits per heavy atom. The smallest absolute Gasteiger partial charge is 0.336 e. The van der Waals surface area contributed by atoms with E-state index in [4.69, 9.17) is 16.7 Å². The van der Waals surface area contributed by atoms with Gasteiger partial charge in [0.25, 0.3) is 0 Å². The average molecular weight is 295 g/mol. The molecule has 0 saturated heterocycles. The van der Waals surface area contributed by atoms with Crippen LogP contribution in [0.1, 0.15) is 15.9 Å². The number of carboxylic acid groups (broad SMARTS) is 1. The zero-order valence-corrected chi connectivity index (χ0v) is 11.4. The van der Waals surface area contributed by atoms with E-state index in [2.05, 4.69) is 0 Å². The summed E-state index contributed by atoms with van der Waals surface area (Å²) in [5, 5.41) is 9.64. The molecule has 0 bridgehead atoms. The lowest BCUT2D eigenvalue weighted by molar-refractivity contribution is 0.0693. The van der Waals surface area contributed by atoms with Crippen LogP contribution in [-0.4, -0.2) is 15.3 Å². The fourth-order valence-electron chi connectivity index (χ4n) is 1.70. The zero-order chi connectivity index (χ0) is 13.8. The van der Waals surface area contributed by atoms with Crippen LogP contribution in [0.4, 0.5) is 0 Å². The molecule has 2 aromatic carbocycles. The molecule has 98 valence electrons. The summed E-state index contributed by atoms with van der Waals surface area (Å²) in [5.74, 6) is -0.833. The van der Waals surface area contributed by atoms with E-state index >= 15 is 0 Å². The van der Waals surface area contributed by atoms with Crippen molar-refractivity contribution < 1.29 is 14.1 Å². The standard InChI is InChI=1S/C14H11ClO3S/c15-11-5-3-4-10(8-11)9-19(18)13-7-2-1-6-12(13)14(16)17/h1-8H,9H2,(H,16,17). The van der Waals surface area contributed by atoms with Gasteiger partial charge in [-0.25, -0.2) is 4.79 Å². The molecule has 2 rings (SSSR count). The Labute approximate surface area is 118 Å². The molecule has 0 heterocycles. The van der Waals surface area contributed by atoms with Gasteiger partial charge in [-0.3, -0.25) is 4.21 Å². The molecule has 1 unspecified atom stereocenters. The van der Waals surface area contributed by atoms with Crippen molar-refractivity contribution >= 4 is 28.4 Å². The summed E-state index contributed by atoms with van der Waals surface area (Å²) < 4.78 is 12.3. The third kappa shape index (κ3) is 3.43. The van der Waals surface area contributed by atoms with Gasteiger partial charge < -0.3 is 5.11 Å². The van der Waals surface area contributed by atoms with Crippen LogP contribution in [0.25, 0.3) is 0 Å². The molecule has 3 nitrogen and oxygen atoms in total. The van der Waals surface area contributed by atoms with E-state index in [-0.39, 0.29) is 11.3 Å². The minimum atomic E-state index is -1.41. The first-order valence-corrected chi connectivity index (χ1v) is 7.23. The van der Waals surface area contributed by atoms with Crippen molar-refractivity contribution in [3.63, 3.8) is 0 Å². The van der Waals surface area contributed by atoms with Crippen LogP contribution in [0.2, 0.25) is 5.02 Å². The Hall–Kier alpha value is -1.65. The van der Waals surface area contributed by atoms with Gasteiger partial charge >= 0.3 is 5.97 Å². The lowest BCUT2D eigenvalue weighted by atomic mass is 10.2. The first kappa shape index (κ1) is 13.8. The summed E-state index contributed by atoms with van der Waals surface area (Å²) in [6, 6.07) is 13.4. The highest BCUT2D eigenvalue weighted by atomic mass is 35.5. The predicted octanol–water partition coefficient (Wildman–Crippen LogP) is 3.35. The summed E-state index contributed by atoms with van der Waals surface area (Å²) in [7, 11) is -1.41. The summed E-state index contributed by atoms with van der Waals surface area (Å²) in [5.41, 5.74) is 0.883. The van der Waals surface area contributed by atoms with E-state index in [9.17, 15) is 9.00 Å². The topological polar surface area (TPSA) is 54.4 Å². The van der Waals surface area contributed by atoms with E-state index in [0.29, 0.717) is 9.92 Å². The minimum Gasteiger partial charge on any atom is -0.478 e. The van der Waals surface area contributed by atoms with Crippen LogP contribution in [0, 0.1) is 0 Å². The molecule has 0 saturated carbocycles. The number of halogens is 1. The third-order valence-electron chi connectivity index (χ3n) is 2.55. The second-order valence-corrected chi connectivity index (χ2v) is 5.78. The molecule has 0 fully saturated rings. The molecule has 0 radical (unpaired) electrons. The molecular weight excluding hydrogens is 284 g/mol. The highest BCUT2D eigenvalue weighted by molar-refractivity contribution is 7.84. The van der Waals surface area contributed by atoms with Crippen molar-refractivity contribution in [1.29, 1.82) is 0 Å². The van der Waals surface area contributed by atoms with Crippen molar-refractivity contribution in [2.24, 2.45) is 0 Å². The van der Waals surface area contributed by atoms with Crippen molar-refractivity contribution in [3.05, 3.63) is 64.7 Å². The monoisotopic (exact) mass is 294 g/mol. The van der Waals surface area contributed by atoms with Gasteiger partial charge in [0.2, 0.25) is 0 Å². The first-order chi connectivity index (χ1) is 9.08. The van der Waals surface area contributed by atoms with Crippen LogP contribution in [0.5, 0.6) is 0 Å². The summed E-state index contributed by atoms with van der Waals surface area (Å²) in [4.78, 5) is 11.4. The van der Waals surface area contributed by atoms with Crippen molar-refractivity contribution in [2.45, 2.75) is 10.6 Å². The van der Waals surface area contributed by atoms with E-state index < -0.39 is 16.8 Å². The molecule has 0 spiro atoms. The fraction of sp³-hybridized carbons (Fsp3) is 0.0714. The van der Waals surface area contributed by atoms with Crippen LogP contribution < -0.4 is 0 Å². The molecule has 0 amide bonds. The first-order valence-electron chi connectivity index (χ1n) is 5.53. The van der Waals surface area contributed by atoms with Crippen LogP contribution in [-0.2, 0) is 16.6 Å². The maximum absolute atomic E-state index is 12.3. The number of hydrogen-bond acceptors (Lipinski definition) is 2. The van der Waals surface area contributed by atoms with Gasteiger partial charge in [-0.05, 0) is 29.8 Å². The highest BCUT2D eigenvalue weighted by Crippen LogP contribution is 2.19. The number of aromatic carboxylic acids is 1.